The van der Waals surface area contributed by atoms with Gasteiger partial charge in [-0.1, -0.05) is 18.2 Å². The lowest BCUT2D eigenvalue weighted by Crippen LogP contribution is -2.32. The van der Waals surface area contributed by atoms with Gasteiger partial charge < -0.3 is 24.3 Å². The molecule has 0 aliphatic heterocycles. The average molecular weight is 418 g/mol. The van der Waals surface area contributed by atoms with Gasteiger partial charge in [0.1, 0.15) is 17.9 Å². The first-order valence-corrected chi connectivity index (χ1v) is 9.07. The molecule has 2 aromatic carbocycles. The van der Waals surface area contributed by atoms with Crippen molar-refractivity contribution in [2.24, 2.45) is 0 Å². The minimum absolute atomic E-state index is 0.108. The second kappa shape index (κ2) is 11.2. The quantitative estimate of drug-likeness (QED) is 0.255. The van der Waals surface area contributed by atoms with E-state index >= 15 is 0 Å². The summed E-state index contributed by atoms with van der Waals surface area (Å²) < 4.78 is 20.7. The van der Waals surface area contributed by atoms with Crippen LogP contribution in [0.25, 0.3) is 0 Å². The number of esters is 1. The van der Waals surface area contributed by atoms with Crippen LogP contribution in [0.1, 0.15) is 17.3 Å². The average Bonchev–Trinajstić information content (AvgIpc) is 2.75. The van der Waals surface area contributed by atoms with Gasteiger partial charge in [0, 0.05) is 6.07 Å². The molecule has 1 amide bonds. The number of hydrogen-bond donors (Lipinski definition) is 1. The molecular weight excluding hydrogens is 396 g/mol. The van der Waals surface area contributed by atoms with E-state index in [2.05, 4.69) is 5.32 Å². The molecular formula is C20H22N2O8. The van der Waals surface area contributed by atoms with E-state index in [0.29, 0.717) is 5.75 Å². The third-order valence-electron chi connectivity index (χ3n) is 3.77. The second-order valence-electron chi connectivity index (χ2n) is 5.80. The third-order valence-corrected chi connectivity index (χ3v) is 3.77. The van der Waals surface area contributed by atoms with E-state index in [1.54, 1.807) is 19.1 Å². The van der Waals surface area contributed by atoms with Gasteiger partial charge >= 0.3 is 5.97 Å². The maximum absolute atomic E-state index is 12.3. The second-order valence-corrected chi connectivity index (χ2v) is 5.80. The molecule has 0 radical (unpaired) electrons. The van der Waals surface area contributed by atoms with E-state index in [-0.39, 0.29) is 36.8 Å². The Bertz CT molecular complexity index is 886. The van der Waals surface area contributed by atoms with Crippen molar-refractivity contribution in [2.45, 2.75) is 6.92 Å². The molecule has 1 N–H and O–H groups in total. The zero-order valence-corrected chi connectivity index (χ0v) is 16.6. The molecule has 0 aliphatic carbocycles. The van der Waals surface area contributed by atoms with Crippen molar-refractivity contribution in [2.75, 3.05) is 33.5 Å². The van der Waals surface area contributed by atoms with Crippen LogP contribution in [-0.4, -0.2) is 50.3 Å². The van der Waals surface area contributed by atoms with Gasteiger partial charge in [-0.2, -0.15) is 0 Å². The Morgan fingerprint density at radius 1 is 1.10 bits per heavy atom. The fraction of sp³-hybridized carbons (Fsp3) is 0.300. The van der Waals surface area contributed by atoms with E-state index in [9.17, 15) is 19.7 Å². The van der Waals surface area contributed by atoms with Crippen LogP contribution in [0.2, 0.25) is 0 Å². The number of para-hydroxylation sites is 1. The van der Waals surface area contributed by atoms with Crippen LogP contribution in [0.5, 0.6) is 17.2 Å². The first-order valence-electron chi connectivity index (χ1n) is 9.07. The van der Waals surface area contributed by atoms with E-state index in [0.717, 1.165) is 12.1 Å². The molecule has 10 heteroatoms. The smallest absolute Gasteiger partial charge is 0.345 e. The van der Waals surface area contributed by atoms with Crippen molar-refractivity contribution in [3.63, 3.8) is 0 Å². The van der Waals surface area contributed by atoms with Gasteiger partial charge in [0.05, 0.1) is 31.3 Å². The van der Waals surface area contributed by atoms with E-state index in [4.69, 9.17) is 18.9 Å². The van der Waals surface area contributed by atoms with Crippen molar-refractivity contribution in [3.05, 3.63) is 58.1 Å². The van der Waals surface area contributed by atoms with Gasteiger partial charge in [0.15, 0.2) is 18.1 Å². The molecule has 0 spiro atoms. The lowest BCUT2D eigenvalue weighted by Gasteiger charge is -2.12. The van der Waals surface area contributed by atoms with Crippen molar-refractivity contribution < 1.29 is 33.5 Å². The summed E-state index contributed by atoms with van der Waals surface area (Å²) in [6.45, 7) is 1.80. The van der Waals surface area contributed by atoms with Crippen LogP contribution in [0.4, 0.5) is 5.69 Å². The molecule has 0 saturated heterocycles. The summed E-state index contributed by atoms with van der Waals surface area (Å²) in [6, 6.07) is 11.3. The third kappa shape index (κ3) is 6.36. The lowest BCUT2D eigenvalue weighted by molar-refractivity contribution is -0.385. The minimum Gasteiger partial charge on any atom is -0.493 e. The highest BCUT2D eigenvalue weighted by Crippen LogP contribution is 2.35. The monoisotopic (exact) mass is 418 g/mol. The van der Waals surface area contributed by atoms with E-state index in [1.165, 1.54) is 7.11 Å². The number of methoxy groups -OCH3 is 1. The number of nitro groups is 1. The van der Waals surface area contributed by atoms with Gasteiger partial charge in [-0.05, 0) is 19.1 Å². The summed E-state index contributed by atoms with van der Waals surface area (Å²) in [6.07, 6.45) is 0. The Balaban J connectivity index is 1.92. The molecule has 0 saturated carbocycles. The zero-order chi connectivity index (χ0) is 21.9. The van der Waals surface area contributed by atoms with Gasteiger partial charge in [-0.15, -0.1) is 0 Å². The number of hydrogen-bond acceptors (Lipinski definition) is 8. The van der Waals surface area contributed by atoms with Crippen molar-refractivity contribution in [3.8, 4) is 17.2 Å². The van der Waals surface area contributed by atoms with Crippen LogP contribution in [-0.2, 0) is 9.53 Å². The highest BCUT2D eigenvalue weighted by molar-refractivity contribution is 5.96. The number of ether oxygens (including phenoxy) is 4. The predicted octanol–water partition coefficient (Wildman–Crippen LogP) is 2.35. The topological polar surface area (TPSA) is 126 Å². The molecule has 0 aliphatic rings. The van der Waals surface area contributed by atoms with Crippen LogP contribution < -0.4 is 19.5 Å². The summed E-state index contributed by atoms with van der Waals surface area (Å²) in [5, 5.41) is 13.8. The number of nitrogens with one attached hydrogen (secondary N) is 1. The number of nitrogens with zero attached hydrogens (tertiary/aromatic N) is 1. The summed E-state index contributed by atoms with van der Waals surface area (Å²) in [5.74, 6) is -0.673. The maximum Gasteiger partial charge on any atom is 0.345 e. The van der Waals surface area contributed by atoms with Crippen molar-refractivity contribution in [1.29, 1.82) is 0 Å². The molecule has 0 fully saturated rings. The van der Waals surface area contributed by atoms with Crippen LogP contribution in [0, 0.1) is 10.1 Å². The molecule has 0 aromatic heterocycles. The lowest BCUT2D eigenvalue weighted by atomic mass is 10.1. The largest absolute Gasteiger partial charge is 0.493 e. The molecule has 10 nitrogen and oxygen atoms in total. The Kier molecular flexibility index (Phi) is 8.42. The fourth-order valence-electron chi connectivity index (χ4n) is 2.43. The Labute approximate surface area is 172 Å². The van der Waals surface area contributed by atoms with E-state index in [1.807, 2.05) is 18.2 Å². The van der Waals surface area contributed by atoms with Gasteiger partial charge in [-0.25, -0.2) is 4.79 Å². The van der Waals surface area contributed by atoms with Gasteiger partial charge in [0.25, 0.3) is 11.6 Å². The SMILES string of the molecule is CCOc1cc(C(=O)OCC(=O)NCCOc2ccccc2)c([N+](=O)[O-])cc1OC. The van der Waals surface area contributed by atoms with Gasteiger partial charge in [-0.3, -0.25) is 14.9 Å². The molecule has 0 atom stereocenters. The zero-order valence-electron chi connectivity index (χ0n) is 16.6. The molecule has 2 rings (SSSR count). The highest BCUT2D eigenvalue weighted by atomic mass is 16.6. The standard InChI is InChI=1S/C20H22N2O8/c1-3-28-18-11-15(16(22(25)26)12-17(18)27-2)20(24)30-13-19(23)21-9-10-29-14-7-5-4-6-8-14/h4-8,11-12H,3,9-10,13H2,1-2H3,(H,21,23). The van der Waals surface area contributed by atoms with E-state index < -0.39 is 29.1 Å². The summed E-state index contributed by atoms with van der Waals surface area (Å²) >= 11 is 0. The Morgan fingerprint density at radius 2 is 1.83 bits per heavy atom. The summed E-state index contributed by atoms with van der Waals surface area (Å²) in [4.78, 5) is 34.7. The summed E-state index contributed by atoms with van der Waals surface area (Å²) in [7, 11) is 1.32. The molecule has 0 heterocycles. The first-order chi connectivity index (χ1) is 14.5. The Morgan fingerprint density at radius 3 is 2.47 bits per heavy atom. The molecule has 0 bridgehead atoms. The molecule has 0 unspecified atom stereocenters. The van der Waals surface area contributed by atoms with Crippen LogP contribution >= 0.6 is 0 Å². The molecule has 30 heavy (non-hydrogen) atoms. The normalized spacial score (nSPS) is 10.1. The number of rotatable bonds is 11. The van der Waals surface area contributed by atoms with Crippen molar-refractivity contribution >= 4 is 17.6 Å². The number of benzene rings is 2. The predicted molar refractivity (Wildman–Crippen MR) is 106 cm³/mol. The molecule has 160 valence electrons. The maximum atomic E-state index is 12.3. The number of amides is 1. The van der Waals surface area contributed by atoms with Crippen LogP contribution in [0.15, 0.2) is 42.5 Å². The number of carbonyl (C=O) groups excluding carboxylic acids is 2. The van der Waals surface area contributed by atoms with Gasteiger partial charge in [0.2, 0.25) is 0 Å². The minimum atomic E-state index is -1.03. The number of carbonyl (C=O) groups is 2. The Hall–Kier alpha value is -3.82. The number of nitro benzene ring substituents is 1. The highest BCUT2D eigenvalue weighted by Gasteiger charge is 2.26. The molecule has 2 aromatic rings. The van der Waals surface area contributed by atoms with Crippen molar-refractivity contribution in [1.82, 2.24) is 5.32 Å². The summed E-state index contributed by atoms with van der Waals surface area (Å²) in [5.41, 5.74) is -0.860. The fourth-order valence-corrected chi connectivity index (χ4v) is 2.43. The first kappa shape index (κ1) is 22.5. The van der Waals surface area contributed by atoms with Crippen LogP contribution in [0.3, 0.4) is 0 Å².